The number of halogens is 1. The van der Waals surface area contributed by atoms with Gasteiger partial charge in [0.15, 0.2) is 11.5 Å². The van der Waals surface area contributed by atoms with Gasteiger partial charge in [-0.2, -0.15) is 4.31 Å². The zero-order valence-corrected chi connectivity index (χ0v) is 17.9. The molecule has 2 heterocycles. The fourth-order valence-corrected chi connectivity index (χ4v) is 5.23. The van der Waals surface area contributed by atoms with E-state index in [-0.39, 0.29) is 22.8 Å². The first kappa shape index (κ1) is 21.0. The first-order chi connectivity index (χ1) is 14.4. The normalized spacial score (nSPS) is 20.0. The lowest BCUT2D eigenvalue weighted by atomic mass is 9.97. The minimum absolute atomic E-state index is 0.0824. The number of hydrogen-bond acceptors (Lipinski definition) is 5. The predicted molar refractivity (Wildman–Crippen MR) is 112 cm³/mol. The fourth-order valence-electron chi connectivity index (χ4n) is 3.64. The van der Waals surface area contributed by atoms with Crippen LogP contribution in [0.25, 0.3) is 0 Å². The van der Waals surface area contributed by atoms with E-state index in [9.17, 15) is 13.2 Å². The molecule has 2 aromatic rings. The van der Waals surface area contributed by atoms with Crippen LogP contribution in [0.5, 0.6) is 11.5 Å². The van der Waals surface area contributed by atoms with Crippen LogP contribution in [0.1, 0.15) is 12.8 Å². The number of ether oxygens (including phenoxy) is 2. The summed E-state index contributed by atoms with van der Waals surface area (Å²) in [5.74, 6) is 1.07. The molecule has 7 nitrogen and oxygen atoms in total. The van der Waals surface area contributed by atoms with Crippen molar-refractivity contribution in [2.24, 2.45) is 5.92 Å². The van der Waals surface area contributed by atoms with Crippen molar-refractivity contribution in [1.82, 2.24) is 9.62 Å². The summed E-state index contributed by atoms with van der Waals surface area (Å²) >= 11 is 5.84. The summed E-state index contributed by atoms with van der Waals surface area (Å²) in [7, 11) is -3.58. The smallest absolute Gasteiger partial charge is 0.243 e. The average molecular weight is 451 g/mol. The maximum Gasteiger partial charge on any atom is 0.243 e. The second kappa shape index (κ2) is 8.83. The third-order valence-corrected chi connectivity index (χ3v) is 7.51. The van der Waals surface area contributed by atoms with Crippen molar-refractivity contribution in [2.75, 3.05) is 26.2 Å². The quantitative estimate of drug-likeness (QED) is 0.757. The SMILES string of the molecule is O=C(NC[C@H]1COc2ccccc2O1)C1CCN(S(=O)(=O)c2ccc(Cl)cc2)CC1. The Bertz CT molecular complexity index is 1000. The zero-order chi connectivity index (χ0) is 21.1. The number of para-hydroxylation sites is 2. The van der Waals surface area contributed by atoms with Crippen molar-refractivity contribution in [3.8, 4) is 11.5 Å². The van der Waals surface area contributed by atoms with Crippen LogP contribution in [0.2, 0.25) is 5.02 Å². The highest BCUT2D eigenvalue weighted by molar-refractivity contribution is 7.89. The van der Waals surface area contributed by atoms with Crippen molar-refractivity contribution in [1.29, 1.82) is 0 Å². The Morgan fingerprint density at radius 3 is 2.43 bits per heavy atom. The number of nitrogens with zero attached hydrogens (tertiary/aromatic N) is 1. The van der Waals surface area contributed by atoms with Gasteiger partial charge in [0.2, 0.25) is 15.9 Å². The molecule has 160 valence electrons. The molecule has 0 unspecified atom stereocenters. The Balaban J connectivity index is 1.27. The second-order valence-corrected chi connectivity index (χ2v) is 9.75. The van der Waals surface area contributed by atoms with Crippen LogP contribution in [0.4, 0.5) is 0 Å². The number of hydrogen-bond donors (Lipinski definition) is 1. The molecule has 2 aromatic carbocycles. The van der Waals surface area contributed by atoms with Gasteiger partial charge < -0.3 is 14.8 Å². The molecule has 0 bridgehead atoms. The van der Waals surface area contributed by atoms with E-state index in [1.807, 2.05) is 24.3 Å². The van der Waals surface area contributed by atoms with Gasteiger partial charge in [-0.05, 0) is 49.2 Å². The number of nitrogens with one attached hydrogen (secondary N) is 1. The third kappa shape index (κ3) is 4.55. The molecule has 2 aliphatic rings. The number of carbonyl (C=O) groups is 1. The average Bonchev–Trinajstić information content (AvgIpc) is 2.77. The van der Waals surface area contributed by atoms with Gasteiger partial charge in [-0.1, -0.05) is 23.7 Å². The summed E-state index contributed by atoms with van der Waals surface area (Å²) in [5, 5.41) is 3.40. The standard InChI is InChI=1S/C21H23ClN2O5S/c22-16-5-7-18(8-6-16)30(26,27)24-11-9-15(10-12-24)21(25)23-13-17-14-28-19-3-1-2-4-20(19)29-17/h1-8,15,17H,9-14H2,(H,23,25)/t17-/m0/s1. The highest BCUT2D eigenvalue weighted by Gasteiger charge is 2.32. The van der Waals surface area contributed by atoms with Gasteiger partial charge in [0.25, 0.3) is 0 Å². The minimum Gasteiger partial charge on any atom is -0.486 e. The lowest BCUT2D eigenvalue weighted by molar-refractivity contribution is -0.126. The van der Waals surface area contributed by atoms with Crippen molar-refractivity contribution in [3.05, 3.63) is 53.6 Å². The van der Waals surface area contributed by atoms with E-state index >= 15 is 0 Å². The van der Waals surface area contributed by atoms with Gasteiger partial charge in [0, 0.05) is 24.0 Å². The largest absolute Gasteiger partial charge is 0.486 e. The monoisotopic (exact) mass is 450 g/mol. The molecule has 1 fully saturated rings. The topological polar surface area (TPSA) is 84.9 Å². The van der Waals surface area contributed by atoms with Crippen LogP contribution < -0.4 is 14.8 Å². The molecule has 0 spiro atoms. The molecule has 1 N–H and O–H groups in total. The molecule has 9 heteroatoms. The van der Waals surface area contributed by atoms with Gasteiger partial charge in [0.1, 0.15) is 12.7 Å². The Hall–Kier alpha value is -2.29. The van der Waals surface area contributed by atoms with Gasteiger partial charge in [0.05, 0.1) is 11.4 Å². The Kier molecular flexibility index (Phi) is 6.17. The van der Waals surface area contributed by atoms with Gasteiger partial charge in [-0.3, -0.25) is 4.79 Å². The van der Waals surface area contributed by atoms with Crippen molar-refractivity contribution in [2.45, 2.75) is 23.8 Å². The Morgan fingerprint density at radius 1 is 1.07 bits per heavy atom. The van der Waals surface area contributed by atoms with E-state index in [1.165, 1.54) is 16.4 Å². The highest BCUT2D eigenvalue weighted by atomic mass is 35.5. The van der Waals surface area contributed by atoms with E-state index in [0.717, 1.165) is 0 Å². The number of piperidine rings is 1. The molecular formula is C21H23ClN2O5S. The van der Waals surface area contributed by atoms with Crippen LogP contribution in [-0.2, 0) is 14.8 Å². The summed E-state index contributed by atoms with van der Waals surface area (Å²) in [6.45, 7) is 1.32. The van der Waals surface area contributed by atoms with Gasteiger partial charge in [-0.15, -0.1) is 0 Å². The molecule has 4 rings (SSSR count). The van der Waals surface area contributed by atoms with Crippen molar-refractivity contribution in [3.63, 3.8) is 0 Å². The fraction of sp³-hybridized carbons (Fsp3) is 0.381. The first-order valence-electron chi connectivity index (χ1n) is 9.85. The summed E-state index contributed by atoms with van der Waals surface area (Å²) in [6.07, 6.45) is 0.696. The molecule has 0 saturated carbocycles. The van der Waals surface area contributed by atoms with E-state index in [0.29, 0.717) is 55.6 Å². The molecule has 0 aromatic heterocycles. The van der Waals surface area contributed by atoms with Crippen molar-refractivity contribution < 1.29 is 22.7 Å². The van der Waals surface area contributed by atoms with Gasteiger partial charge >= 0.3 is 0 Å². The lowest BCUT2D eigenvalue weighted by Crippen LogP contribution is -2.46. The summed E-state index contributed by atoms with van der Waals surface area (Å²) in [5.41, 5.74) is 0. The van der Waals surface area contributed by atoms with E-state index in [4.69, 9.17) is 21.1 Å². The van der Waals surface area contributed by atoms with Crippen LogP contribution in [0, 0.1) is 5.92 Å². The number of rotatable bonds is 5. The zero-order valence-electron chi connectivity index (χ0n) is 16.3. The maximum atomic E-state index is 12.8. The van der Waals surface area contributed by atoms with Crippen LogP contribution in [0.3, 0.4) is 0 Å². The molecule has 1 atom stereocenters. The number of amides is 1. The number of carbonyl (C=O) groups excluding carboxylic acids is 1. The lowest BCUT2D eigenvalue weighted by Gasteiger charge is -2.31. The molecule has 1 saturated heterocycles. The van der Waals surface area contributed by atoms with Crippen molar-refractivity contribution >= 4 is 27.5 Å². The molecular weight excluding hydrogens is 428 g/mol. The summed E-state index contributed by atoms with van der Waals surface area (Å²) < 4.78 is 38.5. The number of fused-ring (bicyclic) bond motifs is 1. The number of benzene rings is 2. The molecule has 2 aliphatic heterocycles. The Morgan fingerprint density at radius 2 is 1.73 bits per heavy atom. The second-order valence-electron chi connectivity index (χ2n) is 7.38. The highest BCUT2D eigenvalue weighted by Crippen LogP contribution is 2.31. The van der Waals surface area contributed by atoms with Crippen LogP contribution in [-0.4, -0.2) is 51.0 Å². The molecule has 0 aliphatic carbocycles. The summed E-state index contributed by atoms with van der Waals surface area (Å²) in [4.78, 5) is 12.8. The third-order valence-electron chi connectivity index (χ3n) is 5.35. The first-order valence-corrected chi connectivity index (χ1v) is 11.7. The van der Waals surface area contributed by atoms with Crippen LogP contribution >= 0.6 is 11.6 Å². The molecule has 30 heavy (non-hydrogen) atoms. The number of sulfonamides is 1. The summed E-state index contributed by atoms with van der Waals surface area (Å²) in [6, 6.07) is 13.5. The molecule has 1 amide bonds. The minimum atomic E-state index is -3.58. The van der Waals surface area contributed by atoms with Crippen LogP contribution in [0.15, 0.2) is 53.4 Å². The predicted octanol–water partition coefficient (Wildman–Crippen LogP) is 2.70. The van der Waals surface area contributed by atoms with E-state index in [1.54, 1.807) is 12.1 Å². The van der Waals surface area contributed by atoms with E-state index in [2.05, 4.69) is 5.32 Å². The Labute approximate surface area is 181 Å². The van der Waals surface area contributed by atoms with E-state index < -0.39 is 10.0 Å². The molecule has 0 radical (unpaired) electrons. The maximum absolute atomic E-state index is 12.8. The van der Waals surface area contributed by atoms with Gasteiger partial charge in [-0.25, -0.2) is 8.42 Å².